The number of aliphatic hydroxyl groups excluding tert-OH is 1. The first kappa shape index (κ1) is 87.7. The van der Waals surface area contributed by atoms with Crippen molar-refractivity contribution in [3.05, 3.63) is 287 Å². The summed E-state index contributed by atoms with van der Waals surface area (Å²) in [5, 5.41) is 14.6. The average Bonchev–Trinajstić information content (AvgIpc) is 1.62. The maximum Gasteiger partial charge on any atom is 0.508 e. The Morgan fingerprint density at radius 3 is 1.01 bits per heavy atom. The molecule has 13 rings (SSSR count). The van der Waals surface area contributed by atoms with E-state index in [1.807, 2.05) is 243 Å². The molecule has 1 N–H and O–H groups in total. The van der Waals surface area contributed by atoms with E-state index in [1.165, 1.54) is 0 Å². The summed E-state index contributed by atoms with van der Waals surface area (Å²) in [5.74, 6) is 0. The largest absolute Gasteiger partial charge is 0.508 e. The number of hydrogen-bond donors (Lipinski definition) is 1. The third-order valence-electron chi connectivity index (χ3n) is 22.0. The summed E-state index contributed by atoms with van der Waals surface area (Å²) < 4.78 is 159. The number of carbonyl (C=O) groups is 1. The Labute approximate surface area is 690 Å². The summed E-state index contributed by atoms with van der Waals surface area (Å²) in [5.41, 5.74) is 5.77. The van der Waals surface area contributed by atoms with Crippen LogP contribution in [0.2, 0.25) is 22.2 Å². The van der Waals surface area contributed by atoms with Gasteiger partial charge < -0.3 is 84.4 Å². The Morgan fingerprint density at radius 2 is 0.692 bits per heavy atom. The molecule has 117 heavy (non-hydrogen) atoms. The van der Waals surface area contributed by atoms with Gasteiger partial charge in [-0.25, -0.2) is 9.36 Å². The van der Waals surface area contributed by atoms with Gasteiger partial charge in [-0.3, -0.25) is 13.6 Å². The summed E-state index contributed by atoms with van der Waals surface area (Å²) in [6, 6.07) is 78.2. The van der Waals surface area contributed by atoms with E-state index >= 15 is 4.57 Å². The minimum atomic E-state index is -5.09. The Morgan fingerprint density at radius 1 is 0.385 bits per heavy atom. The molecule has 4 aliphatic heterocycles. The lowest BCUT2D eigenvalue weighted by molar-refractivity contribution is -0.372. The van der Waals surface area contributed by atoms with Crippen molar-refractivity contribution in [2.24, 2.45) is 0 Å². The summed E-state index contributed by atoms with van der Waals surface area (Å²) in [7, 11) is -11.5. The Hall–Kier alpha value is -7.07. The number of benzene rings is 8. The van der Waals surface area contributed by atoms with E-state index < -0.39 is 142 Å². The summed E-state index contributed by atoms with van der Waals surface area (Å²) >= 11 is 0. The number of phosphoric acid groups is 1. The van der Waals surface area contributed by atoms with E-state index in [9.17, 15) is 9.90 Å². The molecule has 4 saturated heterocycles. The maximum absolute atomic E-state index is 16.4. The molecule has 4 heterocycles. The number of ether oxygens (including phenoxy) is 14. The normalized spacial score (nSPS) is 27.6. The van der Waals surface area contributed by atoms with Gasteiger partial charge in [0.15, 0.2) is 18.7 Å². The Bertz CT molecular complexity index is 4260. The second-order valence-corrected chi connectivity index (χ2v) is 42.0. The third kappa shape index (κ3) is 22.8. The minimum Gasteiger partial charge on any atom is -0.430 e. The highest BCUT2D eigenvalue weighted by molar-refractivity contribution is 7.48. The maximum atomic E-state index is 16.4. The summed E-state index contributed by atoms with van der Waals surface area (Å²) in [4.78, 5) is 12.6. The van der Waals surface area contributed by atoms with Crippen molar-refractivity contribution >= 4 is 31.1 Å². The van der Waals surface area contributed by atoms with E-state index in [0.29, 0.717) is 0 Å². The van der Waals surface area contributed by atoms with Crippen molar-refractivity contribution in [2.45, 2.75) is 235 Å². The van der Waals surface area contributed by atoms with Gasteiger partial charge in [-0.1, -0.05) is 298 Å². The van der Waals surface area contributed by atoms with E-state index in [-0.39, 0.29) is 94.8 Å². The number of carbonyl (C=O) groups excluding carboxylic acids is 1. The van der Waals surface area contributed by atoms with E-state index in [4.69, 9.17) is 92.9 Å². The zero-order chi connectivity index (χ0) is 81.7. The fourth-order valence-electron chi connectivity index (χ4n) is 15.8. The summed E-state index contributed by atoms with van der Waals surface area (Å²) in [6.07, 6.45) is -23.7. The standard InChI is InChI=1S/C91H113O23PSi2/c1-62(2)116(63(3)4)112-81-77(92)80(109-89-87(102-56-72-46-30-16-31-47-72)82(100-54-70-42-26-14-27-43-70)78(98-52-68-38-22-12-23-39-68)75(107-89)60-96-50-66-34-18-10-19-35-66)85(111-115(94,95-9)105-59-74-58-104-91(93)106-74)84(86(81)113-117(114-116,64(5)6)65(7)8)110-90-88(103-57-73-48-32-17-33-49-73)83(101-55-71-44-28-15-29-45-71)79(99-53-69-40-24-13-25-41-69)76(108-90)61-97-51-67-36-20-11-21-37-67/h10-49,62-65,74-90,92H,50-61H2,1-9H3/t74-,75-,76-,77-,78-,79-,80-,81+,82+,83+,84+,85+,86-,87+,88+,89-,90-,115-/m1/s1. The van der Waals surface area contributed by atoms with Gasteiger partial charge >= 0.3 is 31.1 Å². The zero-order valence-electron chi connectivity index (χ0n) is 68.1. The predicted molar refractivity (Wildman–Crippen MR) is 440 cm³/mol. The van der Waals surface area contributed by atoms with Crippen LogP contribution in [0.5, 0.6) is 0 Å². The van der Waals surface area contributed by atoms with Gasteiger partial charge in [-0.2, -0.15) is 0 Å². The molecule has 0 amide bonds. The van der Waals surface area contributed by atoms with E-state index in [0.717, 1.165) is 51.6 Å². The van der Waals surface area contributed by atoms with Crippen molar-refractivity contribution < 1.29 is 107 Å². The van der Waals surface area contributed by atoms with Gasteiger partial charge in [-0.15, -0.1) is 0 Å². The van der Waals surface area contributed by atoms with E-state index in [2.05, 4.69) is 55.4 Å². The highest BCUT2D eigenvalue weighted by atomic mass is 31.2. The van der Waals surface area contributed by atoms with Crippen LogP contribution in [0.4, 0.5) is 4.79 Å². The second kappa shape index (κ2) is 42.4. The Balaban J connectivity index is 1.01. The van der Waals surface area contributed by atoms with Crippen LogP contribution in [0.1, 0.15) is 99.9 Å². The average molecular weight is 1660 g/mol. The first-order valence-electron chi connectivity index (χ1n) is 40.7. The van der Waals surface area contributed by atoms with Crippen LogP contribution < -0.4 is 0 Å². The van der Waals surface area contributed by atoms with Crippen LogP contribution in [0.3, 0.4) is 0 Å². The summed E-state index contributed by atoms with van der Waals surface area (Å²) in [6.45, 7) is 16.5. The van der Waals surface area contributed by atoms with E-state index in [1.54, 1.807) is 0 Å². The van der Waals surface area contributed by atoms with Gasteiger partial charge in [0, 0.05) is 7.11 Å². The molecule has 5 aliphatic rings. The first-order chi connectivity index (χ1) is 56.9. The van der Waals surface area contributed by atoms with Crippen LogP contribution >= 0.6 is 7.82 Å². The van der Waals surface area contributed by atoms with Crippen LogP contribution in [0, 0.1) is 0 Å². The van der Waals surface area contributed by atoms with Crippen LogP contribution in [-0.2, 0) is 150 Å². The molecule has 26 heteroatoms. The molecule has 0 unspecified atom stereocenters. The van der Waals surface area contributed by atoms with Gasteiger partial charge in [-0.05, 0) is 66.7 Å². The van der Waals surface area contributed by atoms with Crippen LogP contribution in [-0.4, -0.2) is 166 Å². The molecule has 5 fully saturated rings. The highest BCUT2D eigenvalue weighted by Gasteiger charge is 2.68. The van der Waals surface area contributed by atoms with Crippen molar-refractivity contribution in [3.8, 4) is 0 Å². The molecule has 0 spiro atoms. The topological polar surface area (TPSA) is 239 Å². The second-order valence-electron chi connectivity index (χ2n) is 31.5. The number of rotatable bonds is 40. The highest BCUT2D eigenvalue weighted by Crippen LogP contribution is 2.56. The number of cyclic esters (lactones) is 2. The fraction of sp³-hybridized carbons (Fsp3) is 0.462. The van der Waals surface area contributed by atoms with Crippen molar-refractivity contribution in [3.63, 3.8) is 0 Å². The Kier molecular flexibility index (Phi) is 31.8. The molecule has 23 nitrogen and oxygen atoms in total. The van der Waals surface area contributed by atoms with Crippen molar-refractivity contribution in [1.82, 2.24) is 0 Å². The van der Waals surface area contributed by atoms with Crippen LogP contribution in [0.15, 0.2) is 243 Å². The minimum absolute atomic E-state index is 0.00224. The van der Waals surface area contributed by atoms with Gasteiger partial charge in [0.05, 0.1) is 72.7 Å². The molecule has 1 saturated carbocycles. The smallest absolute Gasteiger partial charge is 0.430 e. The molecule has 0 radical (unpaired) electrons. The zero-order valence-corrected chi connectivity index (χ0v) is 71.0. The molecule has 0 aromatic heterocycles. The third-order valence-corrected chi connectivity index (χ3v) is 33.6. The lowest BCUT2D eigenvalue weighted by Crippen LogP contribution is -2.71. The van der Waals surface area contributed by atoms with Crippen molar-refractivity contribution in [2.75, 3.05) is 33.5 Å². The lowest BCUT2D eigenvalue weighted by Gasteiger charge is -2.53. The molecule has 0 bridgehead atoms. The van der Waals surface area contributed by atoms with Gasteiger partial charge in [0.2, 0.25) is 0 Å². The van der Waals surface area contributed by atoms with Gasteiger partial charge in [0.25, 0.3) is 0 Å². The molecule has 18 atom stereocenters. The number of fused-ring (bicyclic) bond motifs is 1. The number of phosphoric ester groups is 1. The molecule has 1 aliphatic carbocycles. The fourth-order valence-corrected chi connectivity index (χ4v) is 28.3. The quantitative estimate of drug-likeness (QED) is 0.0213. The van der Waals surface area contributed by atoms with Crippen molar-refractivity contribution in [1.29, 1.82) is 0 Å². The number of aliphatic hydroxyl groups is 1. The SMILES string of the molecule is CO[P@](=O)(OC[C@H]1COC(=O)O1)O[C@@H]1[C@H](O[C@H]2O[C@H](COCc3ccccc3)[C@@H](OCc3ccccc3)[C@H](OCc3ccccc3)[C@@H]2OCc2ccccc2)[C@@H]2O[Si](C(C)C)(C(C)C)O[Si](C(C)C)(C(C)C)O[C@H]2[C@H](O)[C@H]1O[C@H]1O[C@H](COCc2ccccc2)[C@@H](OCc2ccccc2)[C@H](OCc2ccccc2)[C@@H]1OCc1ccccc1. The van der Waals surface area contributed by atoms with Crippen LogP contribution in [0.25, 0.3) is 0 Å². The molecule has 8 aromatic carbocycles. The molecule has 628 valence electrons. The monoisotopic (exact) mass is 1660 g/mol. The molecule has 8 aromatic rings. The molecular formula is C91H113O23PSi2. The first-order valence-corrected chi connectivity index (χ1v) is 46.1. The lowest BCUT2D eigenvalue weighted by atomic mass is 9.84. The predicted octanol–water partition coefficient (Wildman–Crippen LogP) is 16.5. The van der Waals surface area contributed by atoms with Gasteiger partial charge in [0.1, 0.15) is 92.1 Å². The molecular weight excluding hydrogens is 1550 g/mol. The number of hydrogen-bond acceptors (Lipinski definition) is 23.